The van der Waals surface area contributed by atoms with E-state index in [-0.39, 0.29) is 6.54 Å². The Bertz CT molecular complexity index is 305. The summed E-state index contributed by atoms with van der Waals surface area (Å²) in [7, 11) is 0. The van der Waals surface area contributed by atoms with E-state index >= 15 is 0 Å². The van der Waals surface area contributed by atoms with E-state index in [1.54, 1.807) is 0 Å². The van der Waals surface area contributed by atoms with Gasteiger partial charge in [-0.25, -0.2) is 0 Å². The second kappa shape index (κ2) is 4.24. The Kier molecular flexibility index (Phi) is 3.22. The molecule has 3 atom stereocenters. The van der Waals surface area contributed by atoms with Gasteiger partial charge in [-0.2, -0.15) is 0 Å². The third-order valence-electron chi connectivity index (χ3n) is 1.89. The third kappa shape index (κ3) is 2.89. The van der Waals surface area contributed by atoms with Gasteiger partial charge < -0.3 is 31.4 Å². The number of primary amides is 1. The lowest BCUT2D eigenvalue weighted by atomic mass is 10.2. The Morgan fingerprint density at radius 3 is 2.47 bits per heavy atom. The highest BCUT2D eigenvalue weighted by molar-refractivity contribution is 5.94. The maximum absolute atomic E-state index is 11.2. The van der Waals surface area contributed by atoms with E-state index in [0.717, 1.165) is 0 Å². The highest BCUT2D eigenvalue weighted by atomic mass is 16.6. The second-order valence-corrected chi connectivity index (χ2v) is 3.14. The monoisotopic (exact) mass is 217 g/mol. The SMILES string of the molecule is NC(=O)[C@H]1O[C@@H]1C(=O)NC[C@H]([NH3+])C(=O)[O-]. The van der Waals surface area contributed by atoms with Gasteiger partial charge in [-0.05, 0) is 0 Å². The molecule has 1 heterocycles. The van der Waals surface area contributed by atoms with Gasteiger partial charge >= 0.3 is 0 Å². The molecule has 8 nitrogen and oxygen atoms in total. The minimum Gasteiger partial charge on any atom is -0.544 e. The highest BCUT2D eigenvalue weighted by Gasteiger charge is 2.49. The van der Waals surface area contributed by atoms with Gasteiger partial charge in [-0.1, -0.05) is 0 Å². The Labute approximate surface area is 84.5 Å². The van der Waals surface area contributed by atoms with Gasteiger partial charge in [0.2, 0.25) is 5.91 Å². The fourth-order valence-corrected chi connectivity index (χ4v) is 0.936. The summed E-state index contributed by atoms with van der Waals surface area (Å²) in [6, 6.07) is -1.04. The quantitative estimate of drug-likeness (QED) is 0.392. The van der Waals surface area contributed by atoms with Crippen molar-refractivity contribution in [1.29, 1.82) is 0 Å². The first-order valence-electron chi connectivity index (χ1n) is 4.20. The number of aliphatic carboxylic acids is 1. The maximum atomic E-state index is 11.2. The summed E-state index contributed by atoms with van der Waals surface area (Å²) in [6.45, 7) is -0.174. The topological polar surface area (TPSA) is 152 Å². The lowest BCUT2D eigenvalue weighted by Crippen LogP contribution is -2.72. The van der Waals surface area contributed by atoms with E-state index in [0.29, 0.717) is 0 Å². The van der Waals surface area contributed by atoms with E-state index in [1.165, 1.54) is 0 Å². The number of carboxylic acids is 1. The van der Waals surface area contributed by atoms with E-state index in [2.05, 4.69) is 15.8 Å². The largest absolute Gasteiger partial charge is 0.544 e. The molecule has 0 spiro atoms. The predicted molar refractivity (Wildman–Crippen MR) is 42.5 cm³/mol. The number of nitrogens with one attached hydrogen (secondary N) is 1. The van der Waals surface area contributed by atoms with Gasteiger partial charge in [0.1, 0.15) is 12.0 Å². The standard InChI is InChI=1S/C7H11N3O5/c8-2(7(13)14)1-10-6(12)4-3(15-4)5(9)11/h2-4H,1,8H2,(H2,9,11)(H,10,12)(H,13,14)/t2-,3-,4-/m0/s1. The number of amides is 2. The molecule has 1 fully saturated rings. The molecule has 1 aliphatic heterocycles. The third-order valence-corrected chi connectivity index (χ3v) is 1.89. The Morgan fingerprint density at radius 1 is 1.47 bits per heavy atom. The molecule has 8 heteroatoms. The van der Waals surface area contributed by atoms with Crippen LogP contribution in [0.3, 0.4) is 0 Å². The smallest absolute Gasteiger partial charge is 0.252 e. The molecule has 0 saturated carbocycles. The fourth-order valence-electron chi connectivity index (χ4n) is 0.936. The number of rotatable bonds is 5. The van der Waals surface area contributed by atoms with Crippen LogP contribution in [0.4, 0.5) is 0 Å². The summed E-state index contributed by atoms with van der Waals surface area (Å²) in [4.78, 5) is 31.9. The Morgan fingerprint density at radius 2 is 2.07 bits per heavy atom. The van der Waals surface area contributed by atoms with Crippen LogP contribution in [-0.2, 0) is 19.1 Å². The van der Waals surface area contributed by atoms with Crippen LogP contribution in [0.2, 0.25) is 0 Å². The first-order chi connectivity index (χ1) is 6.93. The number of carbonyl (C=O) groups is 3. The molecule has 6 N–H and O–H groups in total. The van der Waals surface area contributed by atoms with Crippen LogP contribution in [-0.4, -0.2) is 42.6 Å². The molecule has 0 aromatic carbocycles. The lowest BCUT2D eigenvalue weighted by Gasteiger charge is -2.09. The van der Waals surface area contributed by atoms with Crippen molar-refractivity contribution in [2.24, 2.45) is 5.73 Å². The van der Waals surface area contributed by atoms with E-state index in [4.69, 9.17) is 5.73 Å². The lowest BCUT2D eigenvalue weighted by molar-refractivity contribution is -0.435. The normalized spacial score (nSPS) is 25.4. The van der Waals surface area contributed by atoms with Crippen molar-refractivity contribution in [1.82, 2.24) is 5.32 Å². The van der Waals surface area contributed by atoms with Crippen molar-refractivity contribution in [2.45, 2.75) is 18.2 Å². The number of nitrogens with two attached hydrogens (primary N) is 1. The van der Waals surface area contributed by atoms with Crippen LogP contribution in [0.25, 0.3) is 0 Å². The molecule has 15 heavy (non-hydrogen) atoms. The zero-order valence-electron chi connectivity index (χ0n) is 7.76. The Hall–Kier alpha value is -1.67. The number of quaternary nitrogens is 1. The average Bonchev–Trinajstić information content (AvgIpc) is 2.92. The maximum Gasteiger partial charge on any atom is 0.252 e. The van der Waals surface area contributed by atoms with Gasteiger partial charge in [-0.15, -0.1) is 0 Å². The van der Waals surface area contributed by atoms with Gasteiger partial charge in [0, 0.05) is 0 Å². The summed E-state index contributed by atoms with van der Waals surface area (Å²) < 4.78 is 4.66. The zero-order chi connectivity index (χ0) is 11.6. The molecule has 1 aliphatic rings. The highest BCUT2D eigenvalue weighted by Crippen LogP contribution is 2.21. The molecule has 0 aromatic heterocycles. The van der Waals surface area contributed by atoms with Crippen LogP contribution >= 0.6 is 0 Å². The van der Waals surface area contributed by atoms with E-state index < -0.39 is 36.0 Å². The minimum absolute atomic E-state index is 0.174. The van der Waals surface area contributed by atoms with Crippen molar-refractivity contribution in [3.8, 4) is 0 Å². The molecule has 0 unspecified atom stereocenters. The molecular weight excluding hydrogens is 206 g/mol. The molecule has 0 aromatic rings. The van der Waals surface area contributed by atoms with E-state index in [1.807, 2.05) is 0 Å². The first kappa shape index (κ1) is 11.4. The molecule has 84 valence electrons. The van der Waals surface area contributed by atoms with Crippen molar-refractivity contribution >= 4 is 17.8 Å². The van der Waals surface area contributed by atoms with Gasteiger partial charge in [0.05, 0.1) is 6.54 Å². The zero-order valence-corrected chi connectivity index (χ0v) is 7.76. The van der Waals surface area contributed by atoms with Crippen LogP contribution in [0.1, 0.15) is 0 Å². The number of carboxylic acid groups (broad SMARTS) is 1. The summed E-state index contributed by atoms with van der Waals surface area (Å²) in [5.41, 5.74) is 8.10. The number of carbonyl (C=O) groups excluding carboxylic acids is 3. The molecule has 0 bridgehead atoms. The molecule has 0 aliphatic carbocycles. The predicted octanol–water partition coefficient (Wildman–Crippen LogP) is -5.28. The summed E-state index contributed by atoms with van der Waals surface area (Å²) in [6.07, 6.45) is -1.81. The van der Waals surface area contributed by atoms with Crippen LogP contribution in [0.5, 0.6) is 0 Å². The molecule has 2 amide bonds. The molecule has 1 saturated heterocycles. The average molecular weight is 217 g/mol. The van der Waals surface area contributed by atoms with Crippen LogP contribution in [0, 0.1) is 0 Å². The first-order valence-corrected chi connectivity index (χ1v) is 4.20. The number of hydrogen-bond donors (Lipinski definition) is 3. The van der Waals surface area contributed by atoms with Crippen molar-refractivity contribution in [3.63, 3.8) is 0 Å². The second-order valence-electron chi connectivity index (χ2n) is 3.14. The van der Waals surface area contributed by atoms with Crippen LogP contribution < -0.4 is 21.9 Å². The molecule has 0 radical (unpaired) electrons. The van der Waals surface area contributed by atoms with E-state index in [9.17, 15) is 19.5 Å². The van der Waals surface area contributed by atoms with Gasteiger partial charge in [-0.3, -0.25) is 9.59 Å². The Balaban J connectivity index is 2.27. The van der Waals surface area contributed by atoms with Crippen molar-refractivity contribution < 1.29 is 30.0 Å². The minimum atomic E-state index is -1.36. The number of epoxide rings is 1. The fraction of sp³-hybridized carbons (Fsp3) is 0.571. The van der Waals surface area contributed by atoms with Gasteiger partial charge in [0.15, 0.2) is 12.2 Å². The number of hydrogen-bond acceptors (Lipinski definition) is 5. The van der Waals surface area contributed by atoms with Crippen molar-refractivity contribution in [2.75, 3.05) is 6.54 Å². The van der Waals surface area contributed by atoms with Crippen LogP contribution in [0.15, 0.2) is 0 Å². The summed E-state index contributed by atoms with van der Waals surface area (Å²) in [5.74, 6) is -2.66. The summed E-state index contributed by atoms with van der Waals surface area (Å²) >= 11 is 0. The van der Waals surface area contributed by atoms with Crippen molar-refractivity contribution in [3.05, 3.63) is 0 Å². The number of ether oxygens (including phenoxy) is 1. The summed E-state index contributed by atoms with van der Waals surface area (Å²) in [5, 5.41) is 12.5. The van der Waals surface area contributed by atoms with Gasteiger partial charge in [0.25, 0.3) is 5.91 Å². The molecular formula is C7H11N3O5. The molecule has 1 rings (SSSR count).